The molecule has 5 nitrogen and oxygen atoms in total. The molecule has 0 aromatic heterocycles. The molecular formula is C34H52O5. The lowest BCUT2D eigenvalue weighted by molar-refractivity contribution is -0.151. The van der Waals surface area contributed by atoms with E-state index in [1.54, 1.807) is 6.92 Å². The summed E-state index contributed by atoms with van der Waals surface area (Å²) in [6.45, 7) is 8.45. The summed E-state index contributed by atoms with van der Waals surface area (Å²) in [4.78, 5) is 23.8. The molecule has 5 heteroatoms. The Kier molecular flexibility index (Phi) is 13.9. The van der Waals surface area contributed by atoms with Crippen molar-refractivity contribution in [2.24, 2.45) is 17.8 Å². The summed E-state index contributed by atoms with van der Waals surface area (Å²) in [5.41, 5.74) is 1.53. The highest BCUT2D eigenvalue weighted by Gasteiger charge is 2.31. The van der Waals surface area contributed by atoms with Gasteiger partial charge in [-0.1, -0.05) is 64.2 Å². The van der Waals surface area contributed by atoms with E-state index >= 15 is 0 Å². The van der Waals surface area contributed by atoms with Gasteiger partial charge < -0.3 is 14.2 Å². The fourth-order valence-corrected chi connectivity index (χ4v) is 6.23. The van der Waals surface area contributed by atoms with E-state index in [1.165, 1.54) is 64.2 Å². The van der Waals surface area contributed by atoms with Gasteiger partial charge in [0.25, 0.3) is 0 Å². The Hall–Kier alpha value is -2.30. The molecule has 3 rings (SSSR count). The monoisotopic (exact) mass is 540 g/mol. The molecule has 0 radical (unpaired) electrons. The third-order valence-electron chi connectivity index (χ3n) is 8.72. The zero-order valence-electron chi connectivity index (χ0n) is 24.6. The molecule has 0 unspecified atom stereocenters. The largest absolute Gasteiger partial charge is 0.494 e. The van der Waals surface area contributed by atoms with Crippen molar-refractivity contribution in [3.8, 4) is 5.75 Å². The van der Waals surface area contributed by atoms with E-state index in [1.807, 2.05) is 24.3 Å². The lowest BCUT2D eigenvalue weighted by Crippen LogP contribution is -2.29. The van der Waals surface area contributed by atoms with E-state index in [2.05, 4.69) is 13.5 Å². The van der Waals surface area contributed by atoms with Crippen LogP contribution >= 0.6 is 0 Å². The van der Waals surface area contributed by atoms with Crippen molar-refractivity contribution in [3.63, 3.8) is 0 Å². The van der Waals surface area contributed by atoms with Gasteiger partial charge in [-0.15, -0.1) is 0 Å². The average molecular weight is 541 g/mol. The number of unbranched alkanes of at least 4 members (excludes halogenated alkanes) is 3. The molecule has 218 valence electrons. The van der Waals surface area contributed by atoms with Crippen molar-refractivity contribution >= 4 is 11.9 Å². The van der Waals surface area contributed by atoms with Gasteiger partial charge >= 0.3 is 11.9 Å². The molecule has 1 aromatic carbocycles. The molecule has 0 atom stereocenters. The second-order valence-electron chi connectivity index (χ2n) is 11.9. The normalized spacial score (nSPS) is 23.1. The Morgan fingerprint density at radius 2 is 1.49 bits per heavy atom. The predicted molar refractivity (Wildman–Crippen MR) is 157 cm³/mol. The highest BCUT2D eigenvalue weighted by atomic mass is 16.5. The van der Waals surface area contributed by atoms with Crippen molar-refractivity contribution in [1.82, 2.24) is 0 Å². The second-order valence-corrected chi connectivity index (χ2v) is 11.9. The molecule has 1 aromatic rings. The van der Waals surface area contributed by atoms with Gasteiger partial charge in [0.1, 0.15) is 11.9 Å². The van der Waals surface area contributed by atoms with Crippen LogP contribution < -0.4 is 4.74 Å². The number of rotatable bonds is 16. The second kappa shape index (κ2) is 17.4. The van der Waals surface area contributed by atoms with Crippen LogP contribution in [-0.2, 0) is 25.5 Å². The highest BCUT2D eigenvalue weighted by Crippen LogP contribution is 2.41. The molecule has 2 aliphatic rings. The maximum Gasteiger partial charge on any atom is 0.333 e. The summed E-state index contributed by atoms with van der Waals surface area (Å²) in [5, 5.41) is 0. The molecule has 0 N–H and O–H groups in total. The molecule has 2 aliphatic carbocycles. The molecule has 0 amide bonds. The zero-order valence-corrected chi connectivity index (χ0v) is 24.6. The Morgan fingerprint density at radius 3 is 2.13 bits per heavy atom. The maximum atomic E-state index is 12.5. The Labute approximate surface area is 237 Å². The van der Waals surface area contributed by atoms with Crippen molar-refractivity contribution < 1.29 is 23.8 Å². The number of hydrogen-bond donors (Lipinski definition) is 0. The van der Waals surface area contributed by atoms with Gasteiger partial charge in [-0.05, 0) is 100 Å². The van der Waals surface area contributed by atoms with E-state index in [9.17, 15) is 9.59 Å². The van der Waals surface area contributed by atoms with Crippen LogP contribution in [0.15, 0.2) is 36.4 Å². The third kappa shape index (κ3) is 11.8. The topological polar surface area (TPSA) is 61.8 Å². The molecule has 39 heavy (non-hydrogen) atoms. The first-order valence-electron chi connectivity index (χ1n) is 15.7. The number of aryl methyl sites for hydroxylation is 1. The lowest BCUT2D eigenvalue weighted by Gasteiger charge is -2.37. The first kappa shape index (κ1) is 31.2. The molecule has 0 saturated heterocycles. The van der Waals surface area contributed by atoms with Gasteiger partial charge in [0.15, 0.2) is 0 Å². The zero-order chi connectivity index (χ0) is 27.9. The number of esters is 2. The minimum absolute atomic E-state index is 0.0706. The number of ether oxygens (including phenoxy) is 3. The van der Waals surface area contributed by atoms with Crippen LogP contribution in [0.1, 0.15) is 116 Å². The summed E-state index contributed by atoms with van der Waals surface area (Å²) in [5.74, 6) is 3.12. The van der Waals surface area contributed by atoms with Crippen molar-refractivity contribution in [2.75, 3.05) is 13.2 Å². The summed E-state index contributed by atoms with van der Waals surface area (Å²) in [6.07, 6.45) is 18.6. The van der Waals surface area contributed by atoms with Gasteiger partial charge in [-0.3, -0.25) is 4.79 Å². The standard InChI is InChI=1S/C34H52O5/c1-4-5-6-9-27-10-15-29(16-11-27)30-17-21-32(22-18-30)39-33(35)23-14-28-12-19-31(20-13-28)37-24-7-8-25-38-34(36)26(2)3/h12-13,19-20,27,29-30,32H,2,4-11,14-18,21-25H2,1,3H3. The van der Waals surface area contributed by atoms with Crippen molar-refractivity contribution in [3.05, 3.63) is 42.0 Å². The SMILES string of the molecule is C=C(C)C(=O)OCCCCOc1ccc(CCC(=O)OC2CCC(C3CCC(CCCCC)CC3)CC2)cc1. The molecule has 2 saturated carbocycles. The summed E-state index contributed by atoms with van der Waals surface area (Å²) in [7, 11) is 0. The fraction of sp³-hybridized carbons (Fsp3) is 0.706. The van der Waals surface area contributed by atoms with E-state index in [0.29, 0.717) is 31.6 Å². The minimum Gasteiger partial charge on any atom is -0.494 e. The van der Waals surface area contributed by atoms with Crippen LogP contribution in [0.5, 0.6) is 5.75 Å². The number of carbonyl (C=O) groups excluding carboxylic acids is 2. The maximum absolute atomic E-state index is 12.5. The number of benzene rings is 1. The van der Waals surface area contributed by atoms with Crippen LogP contribution in [0.25, 0.3) is 0 Å². The number of hydrogen-bond acceptors (Lipinski definition) is 5. The van der Waals surface area contributed by atoms with Gasteiger partial charge in [0.2, 0.25) is 0 Å². The number of carbonyl (C=O) groups is 2. The first-order chi connectivity index (χ1) is 18.9. The molecule has 0 heterocycles. The van der Waals surface area contributed by atoms with Crippen molar-refractivity contribution in [2.45, 2.75) is 123 Å². The first-order valence-corrected chi connectivity index (χ1v) is 15.7. The van der Waals surface area contributed by atoms with E-state index in [-0.39, 0.29) is 18.0 Å². The Bertz CT molecular complexity index is 860. The molecule has 0 bridgehead atoms. The van der Waals surface area contributed by atoms with E-state index in [0.717, 1.165) is 54.7 Å². The average Bonchev–Trinajstić information content (AvgIpc) is 2.95. The van der Waals surface area contributed by atoms with Crippen molar-refractivity contribution in [1.29, 1.82) is 0 Å². The lowest BCUT2D eigenvalue weighted by atomic mass is 9.70. The van der Waals surface area contributed by atoms with Crippen LogP contribution in [0.4, 0.5) is 0 Å². The minimum atomic E-state index is -0.344. The molecule has 2 fully saturated rings. The van der Waals surface area contributed by atoms with E-state index in [4.69, 9.17) is 14.2 Å². The van der Waals surface area contributed by atoms with Gasteiger partial charge in [-0.2, -0.15) is 0 Å². The quantitative estimate of drug-likeness (QED) is 0.120. The van der Waals surface area contributed by atoms with Gasteiger partial charge in [0, 0.05) is 12.0 Å². The third-order valence-corrected chi connectivity index (χ3v) is 8.72. The molecule has 0 aliphatic heterocycles. The molecular weight excluding hydrogens is 488 g/mol. The molecule has 0 spiro atoms. The van der Waals surface area contributed by atoms with E-state index < -0.39 is 0 Å². The van der Waals surface area contributed by atoms with Crippen LogP contribution in [0.3, 0.4) is 0 Å². The summed E-state index contributed by atoms with van der Waals surface area (Å²) >= 11 is 0. The van der Waals surface area contributed by atoms with Gasteiger partial charge in [-0.25, -0.2) is 4.79 Å². The highest BCUT2D eigenvalue weighted by molar-refractivity contribution is 5.86. The summed E-state index contributed by atoms with van der Waals surface area (Å²) in [6, 6.07) is 7.92. The fourth-order valence-electron chi connectivity index (χ4n) is 6.23. The predicted octanol–water partition coefficient (Wildman–Crippen LogP) is 8.39. The van der Waals surface area contributed by atoms with Crippen LogP contribution in [0.2, 0.25) is 0 Å². The Balaban J connectivity index is 1.23. The van der Waals surface area contributed by atoms with Gasteiger partial charge in [0.05, 0.1) is 13.2 Å². The smallest absolute Gasteiger partial charge is 0.333 e. The van der Waals surface area contributed by atoms with Crippen LogP contribution in [-0.4, -0.2) is 31.3 Å². The summed E-state index contributed by atoms with van der Waals surface area (Å²) < 4.78 is 16.7. The van der Waals surface area contributed by atoms with Crippen LogP contribution in [0, 0.1) is 17.8 Å². The Morgan fingerprint density at radius 1 is 0.846 bits per heavy atom.